The summed E-state index contributed by atoms with van der Waals surface area (Å²) in [6.45, 7) is 0.894. The summed E-state index contributed by atoms with van der Waals surface area (Å²) in [5, 5.41) is 6.00. The number of hydrogen-bond donors (Lipinski definition) is 2. The van der Waals surface area contributed by atoms with E-state index in [0.717, 1.165) is 25.8 Å². The molecule has 5 nitrogen and oxygen atoms in total. The molecule has 100 valence electrons. The zero-order chi connectivity index (χ0) is 12.3. The average molecular weight is 272 g/mol. The van der Waals surface area contributed by atoms with Crippen molar-refractivity contribution in [3.63, 3.8) is 0 Å². The molecule has 0 spiro atoms. The van der Waals surface area contributed by atoms with Crippen LogP contribution in [0.3, 0.4) is 0 Å². The van der Waals surface area contributed by atoms with E-state index in [1.807, 2.05) is 0 Å². The number of anilines is 1. The van der Waals surface area contributed by atoms with E-state index >= 15 is 0 Å². The number of nitrogens with one attached hydrogen (secondary N) is 2. The fraction of sp³-hybridized carbons (Fsp3) is 0.500. The van der Waals surface area contributed by atoms with Gasteiger partial charge in [0.15, 0.2) is 0 Å². The molecule has 0 bridgehead atoms. The molecule has 1 atom stereocenters. The Hall–Kier alpha value is -1.33. The van der Waals surface area contributed by atoms with Crippen molar-refractivity contribution >= 4 is 24.0 Å². The van der Waals surface area contributed by atoms with Crippen molar-refractivity contribution in [2.24, 2.45) is 7.05 Å². The van der Waals surface area contributed by atoms with Gasteiger partial charge < -0.3 is 15.2 Å². The normalized spacial score (nSPS) is 18.8. The van der Waals surface area contributed by atoms with Crippen molar-refractivity contribution in [3.05, 3.63) is 28.7 Å². The quantitative estimate of drug-likeness (QED) is 0.840. The van der Waals surface area contributed by atoms with Crippen molar-refractivity contribution in [2.75, 3.05) is 11.9 Å². The lowest BCUT2D eigenvalue weighted by Gasteiger charge is -2.22. The second-order valence-corrected chi connectivity index (χ2v) is 4.36. The van der Waals surface area contributed by atoms with Crippen molar-refractivity contribution in [1.29, 1.82) is 0 Å². The van der Waals surface area contributed by atoms with Gasteiger partial charge in [0, 0.05) is 19.3 Å². The van der Waals surface area contributed by atoms with Gasteiger partial charge in [0.2, 0.25) is 11.5 Å². The summed E-state index contributed by atoms with van der Waals surface area (Å²) < 4.78 is 1.45. The molecule has 1 aromatic rings. The van der Waals surface area contributed by atoms with Gasteiger partial charge in [-0.15, -0.1) is 12.4 Å². The van der Waals surface area contributed by atoms with Crippen LogP contribution in [0.4, 0.5) is 5.69 Å². The number of amides is 1. The van der Waals surface area contributed by atoms with E-state index in [-0.39, 0.29) is 29.9 Å². The highest BCUT2D eigenvalue weighted by molar-refractivity contribution is 5.94. The van der Waals surface area contributed by atoms with Gasteiger partial charge in [-0.1, -0.05) is 6.42 Å². The smallest absolute Gasteiger partial charge is 0.250 e. The number of hydrogen-bond acceptors (Lipinski definition) is 3. The Morgan fingerprint density at radius 3 is 2.83 bits per heavy atom. The lowest BCUT2D eigenvalue weighted by Crippen LogP contribution is -2.43. The minimum Gasteiger partial charge on any atom is -0.323 e. The maximum Gasteiger partial charge on any atom is 0.250 e. The molecular weight excluding hydrogens is 254 g/mol. The van der Waals surface area contributed by atoms with Gasteiger partial charge in [-0.2, -0.15) is 0 Å². The Kier molecular flexibility index (Phi) is 5.37. The van der Waals surface area contributed by atoms with E-state index in [4.69, 9.17) is 0 Å². The standard InChI is InChI=1S/C12H17N3O2.ClH/c1-15-8-9(5-6-11(15)16)14-12(17)10-4-2-3-7-13-10;/h5-6,8,10,13H,2-4,7H2,1H3,(H,14,17);1H. The number of aromatic nitrogens is 1. The molecule has 1 saturated heterocycles. The highest BCUT2D eigenvalue weighted by atomic mass is 35.5. The molecule has 1 fully saturated rings. The van der Waals surface area contributed by atoms with Crippen LogP contribution in [0, 0.1) is 0 Å². The number of halogens is 1. The van der Waals surface area contributed by atoms with Gasteiger partial charge >= 0.3 is 0 Å². The molecule has 1 unspecified atom stereocenters. The number of aryl methyl sites for hydroxylation is 1. The van der Waals surface area contributed by atoms with Crippen LogP contribution < -0.4 is 16.2 Å². The fourth-order valence-corrected chi connectivity index (χ4v) is 1.97. The summed E-state index contributed by atoms with van der Waals surface area (Å²) in [5.74, 6) is -0.0247. The molecule has 1 aliphatic heterocycles. The maximum atomic E-state index is 11.9. The minimum absolute atomic E-state index is 0. The summed E-state index contributed by atoms with van der Waals surface area (Å²) in [4.78, 5) is 23.1. The van der Waals surface area contributed by atoms with Crippen LogP contribution in [-0.4, -0.2) is 23.1 Å². The molecule has 1 aromatic heterocycles. The lowest BCUT2D eigenvalue weighted by atomic mass is 10.0. The first-order valence-corrected chi connectivity index (χ1v) is 5.88. The molecule has 1 aliphatic rings. The number of carbonyl (C=O) groups is 1. The molecular formula is C12H18ClN3O2. The molecule has 6 heteroatoms. The molecule has 2 rings (SSSR count). The van der Waals surface area contributed by atoms with Crippen molar-refractivity contribution in [2.45, 2.75) is 25.3 Å². The summed E-state index contributed by atoms with van der Waals surface area (Å²) in [6, 6.07) is 2.97. The van der Waals surface area contributed by atoms with Gasteiger partial charge in [0.1, 0.15) is 0 Å². The average Bonchev–Trinajstić information content (AvgIpc) is 2.35. The van der Waals surface area contributed by atoms with E-state index in [0.29, 0.717) is 5.69 Å². The Morgan fingerprint density at radius 2 is 2.22 bits per heavy atom. The fourth-order valence-electron chi connectivity index (χ4n) is 1.97. The first-order valence-electron chi connectivity index (χ1n) is 5.88. The highest BCUT2D eigenvalue weighted by Gasteiger charge is 2.20. The molecule has 2 N–H and O–H groups in total. The zero-order valence-electron chi connectivity index (χ0n) is 10.3. The minimum atomic E-state index is -0.110. The van der Waals surface area contributed by atoms with Gasteiger partial charge in [0.05, 0.1) is 11.7 Å². The topological polar surface area (TPSA) is 63.1 Å². The van der Waals surface area contributed by atoms with Crippen LogP contribution in [0.5, 0.6) is 0 Å². The largest absolute Gasteiger partial charge is 0.323 e. The highest BCUT2D eigenvalue weighted by Crippen LogP contribution is 2.10. The van der Waals surface area contributed by atoms with E-state index in [2.05, 4.69) is 10.6 Å². The number of carbonyl (C=O) groups excluding carboxylic acids is 1. The molecule has 0 radical (unpaired) electrons. The van der Waals surface area contributed by atoms with E-state index in [9.17, 15) is 9.59 Å². The van der Waals surface area contributed by atoms with E-state index in [1.165, 1.54) is 10.6 Å². The number of pyridine rings is 1. The van der Waals surface area contributed by atoms with E-state index in [1.54, 1.807) is 19.3 Å². The molecule has 0 saturated carbocycles. The SMILES string of the molecule is Cl.Cn1cc(NC(=O)C2CCCCN2)ccc1=O. The van der Waals surface area contributed by atoms with Gasteiger partial charge in [-0.3, -0.25) is 9.59 Å². The van der Waals surface area contributed by atoms with Gasteiger partial charge in [-0.05, 0) is 25.5 Å². The van der Waals surface area contributed by atoms with Crippen LogP contribution in [0.2, 0.25) is 0 Å². The second kappa shape index (κ2) is 6.56. The molecule has 18 heavy (non-hydrogen) atoms. The molecule has 2 heterocycles. The van der Waals surface area contributed by atoms with Crippen molar-refractivity contribution < 1.29 is 4.79 Å². The van der Waals surface area contributed by atoms with Crippen molar-refractivity contribution in [1.82, 2.24) is 9.88 Å². The number of piperidine rings is 1. The van der Waals surface area contributed by atoms with Gasteiger partial charge in [0.25, 0.3) is 0 Å². The Morgan fingerprint density at radius 1 is 1.44 bits per heavy atom. The predicted molar refractivity (Wildman–Crippen MR) is 73.2 cm³/mol. The molecule has 1 amide bonds. The zero-order valence-corrected chi connectivity index (χ0v) is 11.1. The van der Waals surface area contributed by atoms with Crippen LogP contribution in [0.15, 0.2) is 23.1 Å². The monoisotopic (exact) mass is 271 g/mol. The summed E-state index contributed by atoms with van der Waals surface area (Å²) in [5.41, 5.74) is 0.572. The lowest BCUT2D eigenvalue weighted by molar-refractivity contribution is -0.118. The Labute approximate surface area is 112 Å². The van der Waals surface area contributed by atoms with Crippen molar-refractivity contribution in [3.8, 4) is 0 Å². The Bertz CT molecular complexity index is 467. The Balaban J connectivity index is 0.00000162. The van der Waals surface area contributed by atoms with Crippen LogP contribution in [0.1, 0.15) is 19.3 Å². The number of rotatable bonds is 2. The second-order valence-electron chi connectivity index (χ2n) is 4.36. The summed E-state index contributed by atoms with van der Waals surface area (Å²) in [6.07, 6.45) is 4.71. The third kappa shape index (κ3) is 3.58. The maximum absolute atomic E-state index is 11.9. The van der Waals surface area contributed by atoms with Gasteiger partial charge in [-0.25, -0.2) is 0 Å². The molecule has 0 aliphatic carbocycles. The predicted octanol–water partition coefficient (Wildman–Crippen LogP) is 0.888. The third-order valence-electron chi connectivity index (χ3n) is 2.98. The van der Waals surface area contributed by atoms with Crippen LogP contribution >= 0.6 is 12.4 Å². The van der Waals surface area contributed by atoms with Crippen LogP contribution in [0.25, 0.3) is 0 Å². The third-order valence-corrected chi connectivity index (χ3v) is 2.98. The summed E-state index contributed by atoms with van der Waals surface area (Å²) >= 11 is 0. The van der Waals surface area contributed by atoms with E-state index < -0.39 is 0 Å². The van der Waals surface area contributed by atoms with Crippen LogP contribution in [-0.2, 0) is 11.8 Å². The summed E-state index contributed by atoms with van der Waals surface area (Å²) in [7, 11) is 1.66. The first kappa shape index (κ1) is 14.7. The molecule has 0 aromatic carbocycles. The first-order chi connectivity index (χ1) is 8.16. The number of nitrogens with zero attached hydrogens (tertiary/aromatic N) is 1.